The van der Waals surface area contributed by atoms with E-state index in [-0.39, 0.29) is 12.0 Å². The summed E-state index contributed by atoms with van der Waals surface area (Å²) in [6.45, 7) is 0. The number of halogens is 2. The second kappa shape index (κ2) is 5.32. The largest absolute Gasteiger partial charge is 0.324 e. The normalized spacial score (nSPS) is 10.8. The molecule has 21 heavy (non-hydrogen) atoms. The molecule has 0 unspecified atom stereocenters. The zero-order valence-electron chi connectivity index (χ0n) is 10.9. The van der Waals surface area contributed by atoms with E-state index in [4.69, 9.17) is 0 Å². The van der Waals surface area contributed by atoms with Crippen molar-refractivity contribution in [3.63, 3.8) is 0 Å². The van der Waals surface area contributed by atoms with E-state index < -0.39 is 17.5 Å². The maximum absolute atomic E-state index is 13.5. The van der Waals surface area contributed by atoms with Crippen LogP contribution in [0.5, 0.6) is 0 Å². The quantitative estimate of drug-likeness (QED) is 0.778. The molecule has 0 atom stereocenters. The Morgan fingerprint density at radius 3 is 2.76 bits per heavy atom. The maximum Gasteiger partial charge on any atom is 0.231 e. The molecule has 0 spiro atoms. The van der Waals surface area contributed by atoms with Crippen LogP contribution in [-0.2, 0) is 11.2 Å². The third-order valence-corrected chi connectivity index (χ3v) is 3.01. The number of aromatic amines is 1. The van der Waals surface area contributed by atoms with Gasteiger partial charge in [-0.25, -0.2) is 13.8 Å². The van der Waals surface area contributed by atoms with E-state index in [1.54, 1.807) is 6.07 Å². The summed E-state index contributed by atoms with van der Waals surface area (Å²) in [4.78, 5) is 19.0. The van der Waals surface area contributed by atoms with Gasteiger partial charge in [0, 0.05) is 6.07 Å². The van der Waals surface area contributed by atoms with Crippen LogP contribution in [0.15, 0.2) is 42.5 Å². The van der Waals surface area contributed by atoms with Gasteiger partial charge in [-0.1, -0.05) is 18.2 Å². The van der Waals surface area contributed by atoms with Crippen LogP contribution in [0, 0.1) is 11.6 Å². The fourth-order valence-electron chi connectivity index (χ4n) is 2.03. The summed E-state index contributed by atoms with van der Waals surface area (Å²) in [6.07, 6.45) is -0.191. The van der Waals surface area contributed by atoms with Gasteiger partial charge in [0.05, 0.1) is 17.5 Å². The highest BCUT2D eigenvalue weighted by Gasteiger charge is 2.11. The summed E-state index contributed by atoms with van der Waals surface area (Å²) in [5.74, 6) is -1.55. The topological polar surface area (TPSA) is 57.8 Å². The number of imidazole rings is 1. The molecular weight excluding hydrogens is 276 g/mol. The fraction of sp³-hybridized carbons (Fsp3) is 0.0667. The van der Waals surface area contributed by atoms with Crippen LogP contribution < -0.4 is 5.32 Å². The monoisotopic (exact) mass is 287 g/mol. The number of carbonyl (C=O) groups excluding carboxylic acids is 1. The lowest BCUT2D eigenvalue weighted by Gasteiger charge is -2.03. The van der Waals surface area contributed by atoms with Crippen molar-refractivity contribution >= 4 is 22.9 Å². The number of nitrogens with zero attached hydrogens (tertiary/aromatic N) is 1. The number of fused-ring (bicyclic) bond motifs is 1. The van der Waals surface area contributed by atoms with Crippen LogP contribution >= 0.6 is 0 Å². The number of amides is 1. The molecule has 2 N–H and O–H groups in total. The first kappa shape index (κ1) is 13.2. The van der Waals surface area contributed by atoms with Gasteiger partial charge >= 0.3 is 0 Å². The molecule has 2 aromatic carbocycles. The van der Waals surface area contributed by atoms with Crippen molar-refractivity contribution in [1.82, 2.24) is 9.97 Å². The zero-order chi connectivity index (χ0) is 14.8. The molecule has 3 aromatic rings. The number of hydrogen-bond acceptors (Lipinski definition) is 2. The van der Waals surface area contributed by atoms with Crippen molar-refractivity contribution in [2.45, 2.75) is 6.42 Å². The molecule has 0 saturated carbocycles. The van der Waals surface area contributed by atoms with Gasteiger partial charge in [-0.15, -0.1) is 0 Å². The second-order valence-corrected chi connectivity index (χ2v) is 4.56. The Labute approximate surface area is 118 Å². The molecule has 0 bridgehead atoms. The lowest BCUT2D eigenvalue weighted by atomic mass is 10.1. The SMILES string of the molecule is O=C(Cc1ccc(F)cc1F)Nc1nc2ccccc2[nH]1. The first-order valence-corrected chi connectivity index (χ1v) is 6.30. The highest BCUT2D eigenvalue weighted by atomic mass is 19.1. The van der Waals surface area contributed by atoms with Crippen molar-refractivity contribution in [3.8, 4) is 0 Å². The smallest absolute Gasteiger partial charge is 0.231 e. The summed E-state index contributed by atoms with van der Waals surface area (Å²) in [6, 6.07) is 10.4. The average molecular weight is 287 g/mol. The number of nitrogens with one attached hydrogen (secondary N) is 2. The van der Waals surface area contributed by atoms with E-state index in [2.05, 4.69) is 15.3 Å². The van der Waals surface area contributed by atoms with E-state index in [1.165, 1.54) is 6.07 Å². The summed E-state index contributed by atoms with van der Waals surface area (Å²) in [5.41, 5.74) is 1.64. The first-order chi connectivity index (χ1) is 10.1. The van der Waals surface area contributed by atoms with Gasteiger partial charge in [-0.05, 0) is 23.8 Å². The van der Waals surface area contributed by atoms with Crippen LogP contribution in [0.3, 0.4) is 0 Å². The molecule has 1 heterocycles. The van der Waals surface area contributed by atoms with Crippen molar-refractivity contribution < 1.29 is 13.6 Å². The minimum absolute atomic E-state index is 0.130. The summed E-state index contributed by atoms with van der Waals surface area (Å²) < 4.78 is 26.3. The van der Waals surface area contributed by atoms with Gasteiger partial charge in [0.25, 0.3) is 0 Å². The number of hydrogen-bond donors (Lipinski definition) is 2. The van der Waals surface area contributed by atoms with E-state index in [9.17, 15) is 13.6 Å². The first-order valence-electron chi connectivity index (χ1n) is 6.30. The van der Waals surface area contributed by atoms with E-state index in [0.29, 0.717) is 5.95 Å². The predicted molar refractivity (Wildman–Crippen MR) is 74.8 cm³/mol. The van der Waals surface area contributed by atoms with Gasteiger partial charge in [-0.2, -0.15) is 0 Å². The molecule has 0 aliphatic rings. The minimum atomic E-state index is -0.741. The van der Waals surface area contributed by atoms with E-state index in [0.717, 1.165) is 23.2 Å². The number of anilines is 1. The number of rotatable bonds is 3. The Balaban J connectivity index is 1.74. The minimum Gasteiger partial charge on any atom is -0.324 e. The molecule has 1 amide bonds. The molecule has 4 nitrogen and oxygen atoms in total. The standard InChI is InChI=1S/C15H11F2N3O/c16-10-6-5-9(11(17)8-10)7-14(21)20-15-18-12-3-1-2-4-13(12)19-15/h1-6,8H,7H2,(H2,18,19,20,21). The summed E-state index contributed by atoms with van der Waals surface area (Å²) in [7, 11) is 0. The Bertz CT molecular complexity index is 781. The molecular formula is C15H11F2N3O. The Kier molecular flexibility index (Phi) is 3.35. The third kappa shape index (κ3) is 2.89. The van der Waals surface area contributed by atoms with Gasteiger partial charge in [0.15, 0.2) is 0 Å². The van der Waals surface area contributed by atoms with E-state index in [1.807, 2.05) is 18.2 Å². The van der Waals surface area contributed by atoms with Crippen LogP contribution in [0.4, 0.5) is 14.7 Å². The lowest BCUT2D eigenvalue weighted by Crippen LogP contribution is -2.16. The second-order valence-electron chi connectivity index (χ2n) is 4.56. The predicted octanol–water partition coefficient (Wildman–Crippen LogP) is 3.02. The average Bonchev–Trinajstić information content (AvgIpc) is 2.84. The molecule has 0 aliphatic heterocycles. The summed E-state index contributed by atoms with van der Waals surface area (Å²) in [5, 5.41) is 2.56. The third-order valence-electron chi connectivity index (χ3n) is 3.01. The van der Waals surface area contributed by atoms with Crippen molar-refractivity contribution in [3.05, 3.63) is 59.7 Å². The van der Waals surface area contributed by atoms with Crippen molar-refractivity contribution in [2.24, 2.45) is 0 Å². The number of carbonyl (C=O) groups is 1. The van der Waals surface area contributed by atoms with Crippen LogP contribution in [0.2, 0.25) is 0 Å². The zero-order valence-corrected chi connectivity index (χ0v) is 10.9. The molecule has 106 valence electrons. The molecule has 0 aliphatic carbocycles. The molecule has 1 aromatic heterocycles. The Morgan fingerprint density at radius 1 is 1.19 bits per heavy atom. The molecule has 0 fully saturated rings. The Hall–Kier alpha value is -2.76. The lowest BCUT2D eigenvalue weighted by molar-refractivity contribution is -0.115. The molecule has 0 saturated heterocycles. The number of benzene rings is 2. The number of aromatic nitrogens is 2. The van der Waals surface area contributed by atoms with Crippen molar-refractivity contribution in [1.29, 1.82) is 0 Å². The molecule has 6 heteroatoms. The number of H-pyrrole nitrogens is 1. The van der Waals surface area contributed by atoms with E-state index >= 15 is 0 Å². The van der Waals surface area contributed by atoms with Crippen LogP contribution in [0.1, 0.15) is 5.56 Å². The van der Waals surface area contributed by atoms with Gasteiger partial charge in [0.2, 0.25) is 11.9 Å². The number of para-hydroxylation sites is 2. The summed E-state index contributed by atoms with van der Waals surface area (Å²) >= 11 is 0. The van der Waals surface area contributed by atoms with Gasteiger partial charge < -0.3 is 4.98 Å². The van der Waals surface area contributed by atoms with Gasteiger partial charge in [0.1, 0.15) is 11.6 Å². The molecule has 0 radical (unpaired) electrons. The Morgan fingerprint density at radius 2 is 2.00 bits per heavy atom. The fourth-order valence-corrected chi connectivity index (χ4v) is 2.03. The van der Waals surface area contributed by atoms with Crippen LogP contribution in [0.25, 0.3) is 11.0 Å². The van der Waals surface area contributed by atoms with Crippen molar-refractivity contribution in [2.75, 3.05) is 5.32 Å². The van der Waals surface area contributed by atoms with Gasteiger partial charge in [-0.3, -0.25) is 10.1 Å². The highest BCUT2D eigenvalue weighted by Crippen LogP contribution is 2.14. The maximum atomic E-state index is 13.5. The highest BCUT2D eigenvalue weighted by molar-refractivity contribution is 5.92. The molecule has 3 rings (SSSR count). The van der Waals surface area contributed by atoms with Crippen LogP contribution in [-0.4, -0.2) is 15.9 Å².